The summed E-state index contributed by atoms with van der Waals surface area (Å²) in [5, 5.41) is 0. The van der Waals surface area contributed by atoms with Crippen LogP contribution in [0.3, 0.4) is 0 Å². The van der Waals surface area contributed by atoms with Gasteiger partial charge in [0.2, 0.25) is 0 Å². The number of amides is 1. The molecular weight excluding hydrogens is 354 g/mol. The Hall–Kier alpha value is -2.83. The van der Waals surface area contributed by atoms with E-state index in [1.807, 2.05) is 35.2 Å². The number of rotatable bonds is 3. The summed E-state index contributed by atoms with van der Waals surface area (Å²) in [5.74, 6) is 0. The number of nitrogens with zero attached hydrogens (tertiary/aromatic N) is 5. The maximum Gasteiger partial charge on any atom is 0.410 e. The number of aromatic nitrogens is 3. The molecule has 1 saturated heterocycles. The van der Waals surface area contributed by atoms with Gasteiger partial charge in [0.05, 0.1) is 17.7 Å². The molecule has 0 unspecified atom stereocenters. The van der Waals surface area contributed by atoms with Crippen molar-refractivity contribution in [2.45, 2.75) is 31.8 Å². The van der Waals surface area contributed by atoms with E-state index in [1.54, 1.807) is 0 Å². The largest absolute Gasteiger partial charge is 0.446 e. The van der Waals surface area contributed by atoms with Crippen LogP contribution in [0.5, 0.6) is 0 Å². The predicted octanol–water partition coefficient (Wildman–Crippen LogP) is 2.72. The summed E-state index contributed by atoms with van der Waals surface area (Å²) in [7, 11) is 1.98. The second kappa shape index (κ2) is 6.96. The van der Waals surface area contributed by atoms with E-state index < -0.39 is 0 Å². The van der Waals surface area contributed by atoms with Crippen molar-refractivity contribution >= 4 is 23.4 Å². The van der Waals surface area contributed by atoms with E-state index >= 15 is 0 Å². The molecule has 0 atom stereocenters. The van der Waals surface area contributed by atoms with Crippen molar-refractivity contribution in [3.63, 3.8) is 0 Å². The Balaban J connectivity index is 1.29. The van der Waals surface area contributed by atoms with Crippen LogP contribution < -0.4 is 4.90 Å². The number of aryl methyl sites for hydroxylation is 1. The van der Waals surface area contributed by atoms with Crippen molar-refractivity contribution in [3.8, 4) is 0 Å². The number of imidazole rings is 1. The van der Waals surface area contributed by atoms with Crippen LogP contribution in [0.25, 0.3) is 11.6 Å². The van der Waals surface area contributed by atoms with E-state index in [0.717, 1.165) is 43.7 Å². The van der Waals surface area contributed by atoms with Gasteiger partial charge in [0.1, 0.15) is 6.10 Å². The Morgan fingerprint density at radius 3 is 2.68 bits per heavy atom. The van der Waals surface area contributed by atoms with Gasteiger partial charge in [-0.05, 0) is 37.0 Å². The van der Waals surface area contributed by atoms with Crippen LogP contribution in [-0.2, 0) is 18.2 Å². The quantitative estimate of drug-likeness (QED) is 0.821. The van der Waals surface area contributed by atoms with Crippen LogP contribution in [0.4, 0.5) is 10.5 Å². The van der Waals surface area contributed by atoms with Crippen molar-refractivity contribution < 1.29 is 9.53 Å². The molecule has 7 nitrogen and oxygen atoms in total. The Labute approximate surface area is 164 Å². The third-order valence-corrected chi connectivity index (χ3v) is 5.96. The highest BCUT2D eigenvalue weighted by molar-refractivity contribution is 5.91. The van der Waals surface area contributed by atoms with Crippen LogP contribution >= 0.6 is 0 Å². The van der Waals surface area contributed by atoms with Gasteiger partial charge in [-0.1, -0.05) is 0 Å². The lowest BCUT2D eigenvalue weighted by atomic mass is 9.96. The normalized spacial score (nSPS) is 19.2. The van der Waals surface area contributed by atoms with Gasteiger partial charge in [-0.15, -0.1) is 0 Å². The minimum atomic E-state index is -0.151. The fourth-order valence-electron chi connectivity index (χ4n) is 4.06. The number of anilines is 1. The van der Waals surface area contributed by atoms with E-state index in [-0.39, 0.29) is 12.2 Å². The summed E-state index contributed by atoms with van der Waals surface area (Å²) in [6.45, 7) is 3.00. The molecule has 28 heavy (non-hydrogen) atoms. The highest BCUT2D eigenvalue weighted by Crippen LogP contribution is 2.35. The number of fused-ring (bicyclic) bond motifs is 1. The molecule has 5 rings (SSSR count). The zero-order valence-electron chi connectivity index (χ0n) is 16.2. The van der Waals surface area contributed by atoms with Crippen LogP contribution in [0, 0.1) is 0 Å². The maximum atomic E-state index is 12.3. The molecule has 146 valence electrons. The maximum absolute atomic E-state index is 12.3. The fourth-order valence-corrected chi connectivity index (χ4v) is 4.06. The molecule has 2 fully saturated rings. The summed E-state index contributed by atoms with van der Waals surface area (Å²) < 4.78 is 7.51. The summed E-state index contributed by atoms with van der Waals surface area (Å²) in [6.07, 6.45) is 12.0. The van der Waals surface area contributed by atoms with Gasteiger partial charge in [0.15, 0.2) is 0 Å². The van der Waals surface area contributed by atoms with E-state index in [1.165, 1.54) is 23.2 Å². The van der Waals surface area contributed by atoms with Crippen molar-refractivity contribution in [2.75, 3.05) is 31.1 Å². The topological polar surface area (TPSA) is 63.5 Å². The lowest BCUT2D eigenvalue weighted by Crippen LogP contribution is -2.50. The molecular formula is C21H25N5O2. The third-order valence-electron chi connectivity index (χ3n) is 5.96. The zero-order chi connectivity index (χ0) is 19.1. The molecule has 1 saturated carbocycles. The molecule has 3 heterocycles. The number of carbonyl (C=O) groups excluding carboxylic acids is 1. The molecule has 1 aliphatic heterocycles. The lowest BCUT2D eigenvalue weighted by Gasteiger charge is -2.37. The Kier molecular flexibility index (Phi) is 4.30. The standard InChI is InChI=1S/C21H25N5O2/c1-24-13-19(23-14-24)15-11-17-18(12-15)22-6-5-20(17)25-7-9-26(10-8-25)21(27)28-16-3-2-4-16/h5-6,11,13-14,16H,2-4,7-10,12H2,1H3. The summed E-state index contributed by atoms with van der Waals surface area (Å²) >= 11 is 0. The van der Waals surface area contributed by atoms with Crippen molar-refractivity contribution in [1.29, 1.82) is 0 Å². The third kappa shape index (κ3) is 3.15. The van der Waals surface area contributed by atoms with Crippen LogP contribution in [0.15, 0.2) is 24.8 Å². The predicted molar refractivity (Wildman–Crippen MR) is 107 cm³/mol. The van der Waals surface area contributed by atoms with Gasteiger partial charge in [-0.3, -0.25) is 4.98 Å². The van der Waals surface area contributed by atoms with Gasteiger partial charge in [-0.2, -0.15) is 0 Å². The molecule has 2 aromatic rings. The van der Waals surface area contributed by atoms with Gasteiger partial charge >= 0.3 is 6.09 Å². The Morgan fingerprint density at radius 1 is 1.18 bits per heavy atom. The number of piperazine rings is 1. The van der Waals surface area contributed by atoms with Crippen LogP contribution in [0.1, 0.15) is 36.2 Å². The molecule has 3 aliphatic rings. The summed E-state index contributed by atoms with van der Waals surface area (Å²) in [6, 6.07) is 2.08. The molecule has 0 bridgehead atoms. The summed E-state index contributed by atoms with van der Waals surface area (Å²) in [5.41, 5.74) is 5.70. The van der Waals surface area contributed by atoms with E-state index in [9.17, 15) is 4.79 Å². The number of allylic oxidation sites excluding steroid dienone is 1. The highest BCUT2D eigenvalue weighted by Gasteiger charge is 2.29. The van der Waals surface area contributed by atoms with Crippen molar-refractivity contribution in [3.05, 3.63) is 41.7 Å². The minimum absolute atomic E-state index is 0.143. The van der Waals surface area contributed by atoms with E-state index in [0.29, 0.717) is 13.1 Å². The first-order valence-corrected chi connectivity index (χ1v) is 10.0. The van der Waals surface area contributed by atoms with Crippen molar-refractivity contribution in [1.82, 2.24) is 19.4 Å². The zero-order valence-corrected chi connectivity index (χ0v) is 16.2. The fraction of sp³-hybridized carbons (Fsp3) is 0.476. The minimum Gasteiger partial charge on any atom is -0.446 e. The van der Waals surface area contributed by atoms with Crippen LogP contribution in [-0.4, -0.2) is 57.8 Å². The molecule has 1 amide bonds. The monoisotopic (exact) mass is 379 g/mol. The molecule has 0 radical (unpaired) electrons. The van der Waals surface area contributed by atoms with Crippen LogP contribution in [0.2, 0.25) is 0 Å². The number of pyridine rings is 1. The van der Waals surface area contributed by atoms with E-state index in [2.05, 4.69) is 27.0 Å². The van der Waals surface area contributed by atoms with Gasteiger partial charge < -0.3 is 19.1 Å². The molecule has 0 N–H and O–H groups in total. The average molecular weight is 379 g/mol. The second-order valence-electron chi connectivity index (χ2n) is 7.87. The molecule has 0 aromatic carbocycles. The first-order valence-electron chi connectivity index (χ1n) is 10.0. The molecule has 2 aliphatic carbocycles. The second-order valence-corrected chi connectivity index (χ2v) is 7.87. The van der Waals surface area contributed by atoms with Gasteiger partial charge in [-0.25, -0.2) is 9.78 Å². The van der Waals surface area contributed by atoms with Crippen molar-refractivity contribution in [2.24, 2.45) is 7.05 Å². The number of hydrogen-bond donors (Lipinski definition) is 0. The lowest BCUT2D eigenvalue weighted by molar-refractivity contribution is 0.0259. The van der Waals surface area contributed by atoms with E-state index in [4.69, 9.17) is 4.74 Å². The molecule has 7 heteroatoms. The number of carbonyl (C=O) groups is 1. The number of hydrogen-bond acceptors (Lipinski definition) is 5. The molecule has 0 spiro atoms. The first kappa shape index (κ1) is 17.3. The Morgan fingerprint density at radius 2 is 2.00 bits per heavy atom. The first-order chi connectivity index (χ1) is 13.7. The molecule has 2 aromatic heterocycles. The average Bonchev–Trinajstić information content (AvgIpc) is 3.30. The highest BCUT2D eigenvalue weighted by atomic mass is 16.6. The smallest absolute Gasteiger partial charge is 0.410 e. The Bertz CT molecular complexity index is 923. The SMILES string of the molecule is Cn1cnc(C2=Cc3c(N4CCN(C(=O)OC5CCC5)CC4)ccnc3C2)c1. The van der Waals surface area contributed by atoms with Gasteiger partial charge in [0, 0.05) is 63.3 Å². The summed E-state index contributed by atoms with van der Waals surface area (Å²) in [4.78, 5) is 25.6. The van der Waals surface area contributed by atoms with Gasteiger partial charge in [0.25, 0.3) is 0 Å². The number of ether oxygens (including phenoxy) is 1.